The first kappa shape index (κ1) is 14.4. The van der Waals surface area contributed by atoms with Crippen molar-refractivity contribution in [2.75, 3.05) is 0 Å². The molecule has 0 N–H and O–H groups in total. The predicted molar refractivity (Wildman–Crippen MR) is 85.6 cm³/mol. The summed E-state index contributed by atoms with van der Waals surface area (Å²) in [6, 6.07) is 5.57. The van der Waals surface area contributed by atoms with E-state index < -0.39 is 0 Å². The molecule has 0 aliphatic heterocycles. The minimum absolute atomic E-state index is 0.0624. The largest absolute Gasteiger partial charge is 0.291 e. The molecule has 112 valence electrons. The Morgan fingerprint density at radius 2 is 1.95 bits per heavy atom. The number of fused-ring (bicyclic) bond motifs is 1. The van der Waals surface area contributed by atoms with E-state index in [0.717, 1.165) is 12.0 Å². The molecule has 0 amide bonds. The molecule has 0 aliphatic rings. The topological polar surface area (TPSA) is 60.7 Å². The second-order valence-electron chi connectivity index (χ2n) is 5.78. The summed E-state index contributed by atoms with van der Waals surface area (Å²) in [6.45, 7) is 4.29. The fourth-order valence-corrected chi connectivity index (χ4v) is 2.63. The van der Waals surface area contributed by atoms with Crippen LogP contribution in [0.5, 0.6) is 0 Å². The summed E-state index contributed by atoms with van der Waals surface area (Å²) in [6.07, 6.45) is 9.25. The minimum Gasteiger partial charge on any atom is -0.291 e. The minimum atomic E-state index is -0.0710. The highest BCUT2D eigenvalue weighted by Gasteiger charge is 2.18. The number of pyridine rings is 2. The number of nitrogens with zero attached hydrogens (tertiary/aromatic N) is 4. The summed E-state index contributed by atoms with van der Waals surface area (Å²) < 4.78 is 1.70. The van der Waals surface area contributed by atoms with Crippen LogP contribution in [0.15, 0.2) is 54.1 Å². The van der Waals surface area contributed by atoms with Gasteiger partial charge in [0.1, 0.15) is 0 Å². The highest BCUT2D eigenvalue weighted by atomic mass is 16.1. The maximum absolute atomic E-state index is 12.8. The molecular weight excluding hydrogens is 276 g/mol. The average molecular weight is 294 g/mol. The molecule has 22 heavy (non-hydrogen) atoms. The van der Waals surface area contributed by atoms with Gasteiger partial charge in [-0.3, -0.25) is 19.3 Å². The van der Waals surface area contributed by atoms with E-state index in [4.69, 9.17) is 0 Å². The maximum Gasteiger partial charge on any atom is 0.263 e. The van der Waals surface area contributed by atoms with E-state index in [0.29, 0.717) is 16.8 Å². The van der Waals surface area contributed by atoms with Crippen molar-refractivity contribution < 1.29 is 0 Å². The van der Waals surface area contributed by atoms with Gasteiger partial charge in [0.25, 0.3) is 5.56 Å². The zero-order valence-corrected chi connectivity index (χ0v) is 12.7. The van der Waals surface area contributed by atoms with Gasteiger partial charge in [-0.2, -0.15) is 0 Å². The van der Waals surface area contributed by atoms with Crippen molar-refractivity contribution in [3.8, 4) is 0 Å². The van der Waals surface area contributed by atoms with Gasteiger partial charge in [-0.25, -0.2) is 4.98 Å². The second kappa shape index (κ2) is 6.05. The molecule has 3 rings (SSSR count). The second-order valence-corrected chi connectivity index (χ2v) is 5.78. The first-order valence-corrected chi connectivity index (χ1v) is 7.37. The van der Waals surface area contributed by atoms with Crippen molar-refractivity contribution >= 4 is 10.9 Å². The smallest absolute Gasteiger partial charge is 0.263 e. The van der Waals surface area contributed by atoms with Crippen LogP contribution in [0, 0.1) is 5.92 Å². The summed E-state index contributed by atoms with van der Waals surface area (Å²) in [5, 5.41) is 0.544. The lowest BCUT2D eigenvalue weighted by Crippen LogP contribution is -2.27. The molecule has 0 aliphatic carbocycles. The number of hydrogen-bond donors (Lipinski definition) is 0. The van der Waals surface area contributed by atoms with Gasteiger partial charge in [0.15, 0.2) is 0 Å². The lowest BCUT2D eigenvalue weighted by molar-refractivity contribution is 0.440. The molecule has 1 atom stereocenters. The van der Waals surface area contributed by atoms with E-state index in [1.807, 2.05) is 18.3 Å². The molecule has 3 aromatic heterocycles. The molecule has 0 aromatic carbocycles. The standard InChI is InChI=1S/C17H18N4O/c1-12(2)8-16(13-4-3-6-18-9-13)21-11-20-15-5-7-19-10-14(15)17(21)22/h3-7,9-12,16H,8H2,1-2H3/t16-/m0/s1. The van der Waals surface area contributed by atoms with Gasteiger partial charge in [0, 0.05) is 24.8 Å². The van der Waals surface area contributed by atoms with Crippen LogP contribution in [0.2, 0.25) is 0 Å². The van der Waals surface area contributed by atoms with Crippen LogP contribution in [0.1, 0.15) is 31.9 Å². The van der Waals surface area contributed by atoms with Crippen molar-refractivity contribution in [3.05, 3.63) is 65.2 Å². The summed E-state index contributed by atoms with van der Waals surface area (Å²) in [5.74, 6) is 0.446. The molecule has 0 unspecified atom stereocenters. The molecule has 0 saturated carbocycles. The molecule has 0 spiro atoms. The quantitative estimate of drug-likeness (QED) is 0.742. The normalized spacial score (nSPS) is 12.7. The van der Waals surface area contributed by atoms with E-state index in [2.05, 4.69) is 28.8 Å². The molecule has 0 fully saturated rings. The molecule has 3 aromatic rings. The van der Waals surface area contributed by atoms with Crippen LogP contribution >= 0.6 is 0 Å². The molecule has 0 saturated heterocycles. The Morgan fingerprint density at radius 1 is 1.14 bits per heavy atom. The van der Waals surface area contributed by atoms with E-state index in [9.17, 15) is 4.79 Å². The number of hydrogen-bond acceptors (Lipinski definition) is 4. The number of aromatic nitrogens is 4. The molecule has 5 heteroatoms. The average Bonchev–Trinajstić information content (AvgIpc) is 2.54. The predicted octanol–water partition coefficient (Wildman–Crippen LogP) is 2.82. The molecular formula is C17H18N4O. The Balaban J connectivity index is 2.16. The van der Waals surface area contributed by atoms with Gasteiger partial charge >= 0.3 is 0 Å². The fourth-order valence-electron chi connectivity index (χ4n) is 2.63. The molecule has 0 radical (unpaired) electrons. The Labute approximate surface area is 128 Å². The van der Waals surface area contributed by atoms with Crippen molar-refractivity contribution in [3.63, 3.8) is 0 Å². The van der Waals surface area contributed by atoms with Crippen LogP contribution in [0.3, 0.4) is 0 Å². The third-order valence-corrected chi connectivity index (χ3v) is 3.68. The van der Waals surface area contributed by atoms with E-state index in [-0.39, 0.29) is 11.6 Å². The molecule has 0 bridgehead atoms. The van der Waals surface area contributed by atoms with Crippen LogP contribution in [0.4, 0.5) is 0 Å². The van der Waals surface area contributed by atoms with Crippen molar-refractivity contribution in [2.45, 2.75) is 26.3 Å². The third kappa shape index (κ3) is 2.74. The van der Waals surface area contributed by atoms with Gasteiger partial charge in [-0.15, -0.1) is 0 Å². The van der Waals surface area contributed by atoms with Crippen LogP contribution in [-0.4, -0.2) is 19.5 Å². The van der Waals surface area contributed by atoms with Gasteiger partial charge in [-0.05, 0) is 30.0 Å². The van der Waals surface area contributed by atoms with Crippen LogP contribution in [0.25, 0.3) is 10.9 Å². The summed E-state index contributed by atoms with van der Waals surface area (Å²) in [4.78, 5) is 25.4. The fraction of sp³-hybridized carbons (Fsp3) is 0.294. The Hall–Kier alpha value is -2.56. The lowest BCUT2D eigenvalue weighted by Gasteiger charge is -2.21. The first-order chi connectivity index (χ1) is 10.7. The maximum atomic E-state index is 12.8. The van der Waals surface area contributed by atoms with Gasteiger partial charge in [-0.1, -0.05) is 19.9 Å². The van der Waals surface area contributed by atoms with Crippen molar-refractivity contribution in [2.24, 2.45) is 5.92 Å². The van der Waals surface area contributed by atoms with Crippen molar-refractivity contribution in [1.82, 2.24) is 19.5 Å². The SMILES string of the molecule is CC(C)C[C@@H](c1cccnc1)n1cnc2ccncc2c1=O. The highest BCUT2D eigenvalue weighted by molar-refractivity contribution is 5.75. The first-order valence-electron chi connectivity index (χ1n) is 7.37. The van der Waals surface area contributed by atoms with E-state index >= 15 is 0 Å². The van der Waals surface area contributed by atoms with Gasteiger partial charge in [0.2, 0.25) is 0 Å². The lowest BCUT2D eigenvalue weighted by atomic mass is 9.98. The number of rotatable bonds is 4. The molecule has 5 nitrogen and oxygen atoms in total. The monoisotopic (exact) mass is 294 g/mol. The van der Waals surface area contributed by atoms with E-state index in [1.165, 1.54) is 0 Å². The summed E-state index contributed by atoms with van der Waals surface area (Å²) in [7, 11) is 0. The van der Waals surface area contributed by atoms with Crippen LogP contribution < -0.4 is 5.56 Å². The summed E-state index contributed by atoms with van der Waals surface area (Å²) in [5.41, 5.74) is 1.63. The Morgan fingerprint density at radius 3 is 2.68 bits per heavy atom. The third-order valence-electron chi connectivity index (χ3n) is 3.68. The Kier molecular flexibility index (Phi) is 3.96. The Bertz CT molecular complexity index is 827. The molecule has 3 heterocycles. The van der Waals surface area contributed by atoms with E-state index in [1.54, 1.807) is 35.6 Å². The zero-order valence-electron chi connectivity index (χ0n) is 12.7. The van der Waals surface area contributed by atoms with Crippen LogP contribution in [-0.2, 0) is 0 Å². The summed E-state index contributed by atoms with van der Waals surface area (Å²) >= 11 is 0. The highest BCUT2D eigenvalue weighted by Crippen LogP contribution is 2.24. The van der Waals surface area contributed by atoms with Crippen molar-refractivity contribution in [1.29, 1.82) is 0 Å². The zero-order chi connectivity index (χ0) is 15.5. The van der Waals surface area contributed by atoms with Gasteiger partial charge in [0.05, 0.1) is 23.3 Å². The van der Waals surface area contributed by atoms with Gasteiger partial charge < -0.3 is 0 Å².